The summed E-state index contributed by atoms with van der Waals surface area (Å²) in [7, 11) is 0. The van der Waals surface area contributed by atoms with Crippen LogP contribution in [0.4, 0.5) is 5.69 Å². The summed E-state index contributed by atoms with van der Waals surface area (Å²) in [6.07, 6.45) is 1.62. The second kappa shape index (κ2) is 12.5. The van der Waals surface area contributed by atoms with Gasteiger partial charge in [-0.15, -0.1) is 10.2 Å². The van der Waals surface area contributed by atoms with Gasteiger partial charge in [0, 0.05) is 19.4 Å². The molecular formula is C26H24BrIN6OS. The molecule has 0 aliphatic carbocycles. The van der Waals surface area contributed by atoms with Crippen LogP contribution in [0.3, 0.4) is 0 Å². The molecule has 0 aliphatic heterocycles. The van der Waals surface area contributed by atoms with Crippen LogP contribution in [0.1, 0.15) is 23.9 Å². The highest BCUT2D eigenvalue weighted by molar-refractivity contribution is 14.1. The average molecular weight is 675 g/mol. The van der Waals surface area contributed by atoms with Gasteiger partial charge < -0.3 is 5.32 Å². The molecule has 7 nitrogen and oxygen atoms in total. The zero-order chi connectivity index (χ0) is 25.5. The Balaban J connectivity index is 1.48. The summed E-state index contributed by atoms with van der Waals surface area (Å²) in [6.45, 7) is 4.39. The highest BCUT2D eigenvalue weighted by Gasteiger charge is 2.21. The minimum Gasteiger partial charge on any atom is -0.378 e. The van der Waals surface area contributed by atoms with E-state index < -0.39 is 5.25 Å². The number of para-hydroxylation sites is 1. The van der Waals surface area contributed by atoms with Crippen molar-refractivity contribution in [1.82, 2.24) is 20.2 Å². The van der Waals surface area contributed by atoms with Gasteiger partial charge in [-0.1, -0.05) is 58.0 Å². The number of aryl methyl sites for hydroxylation is 1. The van der Waals surface area contributed by atoms with Crippen LogP contribution < -0.4 is 10.7 Å². The zero-order valence-corrected chi connectivity index (χ0v) is 24.2. The number of nitrogens with one attached hydrogen (secondary N) is 2. The predicted octanol–water partition coefficient (Wildman–Crippen LogP) is 6.19. The van der Waals surface area contributed by atoms with Crippen LogP contribution in [0.2, 0.25) is 0 Å². The Kier molecular flexibility index (Phi) is 9.16. The molecule has 0 unspecified atom stereocenters. The first-order chi connectivity index (χ1) is 17.4. The van der Waals surface area contributed by atoms with Gasteiger partial charge in [0.25, 0.3) is 5.91 Å². The van der Waals surface area contributed by atoms with Crippen molar-refractivity contribution >= 4 is 68.1 Å². The third-order valence-electron chi connectivity index (χ3n) is 5.25. The minimum absolute atomic E-state index is 0.217. The first-order valence-electron chi connectivity index (χ1n) is 11.2. The van der Waals surface area contributed by atoms with Gasteiger partial charge in [-0.05, 0) is 90.0 Å². The molecule has 0 radical (unpaired) electrons. The summed E-state index contributed by atoms with van der Waals surface area (Å²) in [5, 5.41) is 16.6. The number of anilines is 1. The van der Waals surface area contributed by atoms with E-state index in [1.165, 1.54) is 15.3 Å². The standard InChI is InChI=1S/C26H24BrIN6OS/c1-17-14-21(28)12-13-23(17)29-16-24-31-33-26(34(24)22-6-4-3-5-7-22)36-18(2)25(35)32-30-15-19-8-10-20(27)11-9-19/h3-15,18,29H,16H2,1-2H3,(H,32,35)/b30-15-/t18-/m0/s1. The molecule has 0 bridgehead atoms. The van der Waals surface area contributed by atoms with E-state index in [2.05, 4.69) is 89.7 Å². The Hall–Kier alpha value is -2.70. The first kappa shape index (κ1) is 26.4. The molecule has 4 aromatic rings. The quantitative estimate of drug-likeness (QED) is 0.0958. The molecule has 2 N–H and O–H groups in total. The van der Waals surface area contributed by atoms with Gasteiger partial charge in [-0.3, -0.25) is 9.36 Å². The van der Waals surface area contributed by atoms with E-state index in [0.717, 1.165) is 32.8 Å². The summed E-state index contributed by atoms with van der Waals surface area (Å²) < 4.78 is 4.16. The second-order valence-electron chi connectivity index (χ2n) is 7.93. The lowest BCUT2D eigenvalue weighted by atomic mass is 10.2. The molecule has 0 spiro atoms. The smallest absolute Gasteiger partial charge is 0.253 e. The van der Waals surface area contributed by atoms with Gasteiger partial charge in [0.1, 0.15) is 0 Å². The number of hydrogen-bond acceptors (Lipinski definition) is 6. The molecule has 1 amide bonds. The summed E-state index contributed by atoms with van der Waals surface area (Å²) in [5.41, 5.74) is 6.65. The van der Waals surface area contributed by atoms with E-state index in [1.807, 2.05) is 66.1 Å². The van der Waals surface area contributed by atoms with Crippen LogP contribution in [0.15, 0.2) is 87.5 Å². The number of hydrazone groups is 1. The molecule has 4 rings (SSSR count). The highest BCUT2D eigenvalue weighted by atomic mass is 127. The maximum Gasteiger partial charge on any atom is 0.253 e. The van der Waals surface area contributed by atoms with Crippen molar-refractivity contribution in [3.8, 4) is 5.69 Å². The normalized spacial score (nSPS) is 12.0. The zero-order valence-electron chi connectivity index (χ0n) is 19.7. The molecule has 36 heavy (non-hydrogen) atoms. The number of halogens is 2. The Morgan fingerprint density at radius 2 is 1.89 bits per heavy atom. The fourth-order valence-electron chi connectivity index (χ4n) is 3.35. The molecule has 184 valence electrons. The SMILES string of the molecule is Cc1cc(I)ccc1NCc1nnc(S[C@@H](C)C(=O)N/N=C\c2ccc(Br)cc2)n1-c1ccccc1. The lowest BCUT2D eigenvalue weighted by Crippen LogP contribution is -2.27. The molecular weight excluding hydrogens is 651 g/mol. The summed E-state index contributed by atoms with van der Waals surface area (Å²) in [4.78, 5) is 12.7. The summed E-state index contributed by atoms with van der Waals surface area (Å²) >= 11 is 7.05. The van der Waals surface area contributed by atoms with E-state index in [4.69, 9.17) is 0 Å². The molecule has 1 heterocycles. The van der Waals surface area contributed by atoms with Crippen LogP contribution in [-0.2, 0) is 11.3 Å². The minimum atomic E-state index is -0.432. The number of benzene rings is 3. The molecule has 1 aromatic heterocycles. The molecule has 0 saturated carbocycles. The maximum absolute atomic E-state index is 12.7. The van der Waals surface area contributed by atoms with Gasteiger partial charge >= 0.3 is 0 Å². The number of hydrogen-bond donors (Lipinski definition) is 2. The van der Waals surface area contributed by atoms with Crippen LogP contribution >= 0.6 is 50.3 Å². The van der Waals surface area contributed by atoms with E-state index in [-0.39, 0.29) is 5.91 Å². The largest absolute Gasteiger partial charge is 0.378 e. The number of aromatic nitrogens is 3. The molecule has 10 heteroatoms. The van der Waals surface area contributed by atoms with Gasteiger partial charge in [0.05, 0.1) is 18.0 Å². The molecule has 1 atom stereocenters. The second-order valence-corrected chi connectivity index (χ2v) is 11.4. The number of carbonyl (C=O) groups is 1. The Bertz CT molecular complexity index is 1360. The lowest BCUT2D eigenvalue weighted by molar-refractivity contribution is -0.120. The molecule has 0 aliphatic rings. The van der Waals surface area contributed by atoms with Crippen molar-refractivity contribution in [1.29, 1.82) is 0 Å². The summed E-state index contributed by atoms with van der Waals surface area (Å²) in [5.74, 6) is 0.535. The third-order valence-corrected chi connectivity index (χ3v) is 7.49. The van der Waals surface area contributed by atoms with Crippen molar-refractivity contribution in [2.45, 2.75) is 30.8 Å². The van der Waals surface area contributed by atoms with E-state index >= 15 is 0 Å². The number of thioether (sulfide) groups is 1. The van der Waals surface area contributed by atoms with Crippen molar-refractivity contribution in [2.75, 3.05) is 5.32 Å². The fraction of sp³-hybridized carbons (Fsp3) is 0.154. The van der Waals surface area contributed by atoms with Crippen LogP contribution in [0, 0.1) is 10.5 Å². The number of rotatable bonds is 9. The number of carbonyl (C=O) groups excluding carboxylic acids is 1. The van der Waals surface area contributed by atoms with Crippen molar-refractivity contribution in [3.63, 3.8) is 0 Å². The van der Waals surface area contributed by atoms with Gasteiger partial charge in [-0.25, -0.2) is 5.43 Å². The number of nitrogens with zero attached hydrogens (tertiary/aromatic N) is 4. The molecule has 0 saturated heterocycles. The Labute approximate surface area is 236 Å². The van der Waals surface area contributed by atoms with Crippen LogP contribution in [-0.4, -0.2) is 32.1 Å². The van der Waals surface area contributed by atoms with Gasteiger partial charge in [0.2, 0.25) is 0 Å². The molecule has 0 fully saturated rings. The van der Waals surface area contributed by atoms with Crippen molar-refractivity contribution in [2.24, 2.45) is 5.10 Å². The first-order valence-corrected chi connectivity index (χ1v) is 13.9. The van der Waals surface area contributed by atoms with E-state index in [9.17, 15) is 4.79 Å². The predicted molar refractivity (Wildman–Crippen MR) is 158 cm³/mol. The van der Waals surface area contributed by atoms with E-state index in [1.54, 1.807) is 6.21 Å². The maximum atomic E-state index is 12.7. The van der Waals surface area contributed by atoms with E-state index in [0.29, 0.717) is 11.7 Å². The van der Waals surface area contributed by atoms with Crippen molar-refractivity contribution < 1.29 is 4.79 Å². The lowest BCUT2D eigenvalue weighted by Gasteiger charge is -2.14. The number of amides is 1. The highest BCUT2D eigenvalue weighted by Crippen LogP contribution is 2.27. The summed E-state index contributed by atoms with van der Waals surface area (Å²) in [6, 6.07) is 23.8. The van der Waals surface area contributed by atoms with Gasteiger partial charge in [0.15, 0.2) is 11.0 Å². The Morgan fingerprint density at radius 3 is 2.61 bits per heavy atom. The van der Waals surface area contributed by atoms with Crippen molar-refractivity contribution in [3.05, 3.63) is 97.8 Å². The average Bonchev–Trinajstić information content (AvgIpc) is 3.27. The fourth-order valence-corrected chi connectivity index (χ4v) is 5.14. The molecule has 3 aromatic carbocycles. The third kappa shape index (κ3) is 6.95. The van der Waals surface area contributed by atoms with Crippen LogP contribution in [0.25, 0.3) is 5.69 Å². The van der Waals surface area contributed by atoms with Gasteiger partial charge in [-0.2, -0.15) is 5.10 Å². The topological polar surface area (TPSA) is 84.2 Å². The Morgan fingerprint density at radius 1 is 1.14 bits per heavy atom. The van der Waals surface area contributed by atoms with Crippen LogP contribution in [0.5, 0.6) is 0 Å². The monoisotopic (exact) mass is 674 g/mol.